The molecule has 3 rings (SSSR count). The van der Waals surface area contributed by atoms with Crippen LogP contribution in [-0.4, -0.2) is 57.2 Å². The van der Waals surface area contributed by atoms with Gasteiger partial charge in [0.05, 0.1) is 18.0 Å². The van der Waals surface area contributed by atoms with E-state index >= 15 is 0 Å². The molecule has 0 spiro atoms. The smallest absolute Gasteiger partial charge is 0.303 e. The monoisotopic (exact) mass is 414 g/mol. The number of methoxy groups -OCH3 is 1. The van der Waals surface area contributed by atoms with Crippen molar-refractivity contribution >= 4 is 29.3 Å². The van der Waals surface area contributed by atoms with Gasteiger partial charge in [0.2, 0.25) is 0 Å². The number of likely N-dealkylation sites (N-methyl/N-ethyl adjacent to an activating group) is 1. The number of hydrogen-bond donors (Lipinski definition) is 0. The van der Waals surface area contributed by atoms with Crippen molar-refractivity contribution in [1.82, 2.24) is 4.90 Å². The summed E-state index contributed by atoms with van der Waals surface area (Å²) in [7, 11) is 5.54. The lowest BCUT2D eigenvalue weighted by atomic mass is 10.1. The lowest BCUT2D eigenvalue weighted by Crippen LogP contribution is -2.45. The molecule has 0 fully saturated rings. The van der Waals surface area contributed by atoms with Crippen molar-refractivity contribution in [1.29, 1.82) is 0 Å². The number of anilines is 1. The summed E-state index contributed by atoms with van der Waals surface area (Å²) in [4.78, 5) is 30.2. The highest BCUT2D eigenvalue weighted by atomic mass is 32.2. The minimum Gasteiger partial charge on any atom is -0.497 e. The zero-order valence-corrected chi connectivity index (χ0v) is 17.9. The third-order valence-corrected chi connectivity index (χ3v) is 6.07. The van der Waals surface area contributed by atoms with Crippen LogP contribution in [0, 0.1) is 0 Å². The number of thioether (sulfide) groups is 1. The van der Waals surface area contributed by atoms with Gasteiger partial charge in [-0.2, -0.15) is 0 Å². The number of nitrogens with zero attached hydrogens (tertiary/aromatic N) is 2. The number of carbonyl (C=O) groups is 2. The molecule has 29 heavy (non-hydrogen) atoms. The SMILES string of the molecule is COc1ccc(C2Sc3ccccc3N(CCN(C)C)C(=O)[C@@H]2OC(C)=O)cc1. The Labute approximate surface area is 175 Å². The molecule has 0 saturated carbocycles. The van der Waals surface area contributed by atoms with Gasteiger partial charge in [-0.1, -0.05) is 24.3 Å². The summed E-state index contributed by atoms with van der Waals surface area (Å²) in [6.45, 7) is 2.55. The first-order chi connectivity index (χ1) is 13.9. The summed E-state index contributed by atoms with van der Waals surface area (Å²) < 4.78 is 10.8. The molecule has 1 amide bonds. The maximum absolute atomic E-state index is 13.6. The number of benzene rings is 2. The second-order valence-corrected chi connectivity index (χ2v) is 8.29. The van der Waals surface area contributed by atoms with Crippen molar-refractivity contribution in [2.45, 2.75) is 23.2 Å². The van der Waals surface area contributed by atoms with E-state index in [0.29, 0.717) is 13.1 Å². The zero-order chi connectivity index (χ0) is 21.0. The van der Waals surface area contributed by atoms with E-state index in [9.17, 15) is 9.59 Å². The predicted octanol–water partition coefficient (Wildman–Crippen LogP) is 3.37. The number of para-hydroxylation sites is 1. The number of carbonyl (C=O) groups excluding carboxylic acids is 2. The third kappa shape index (κ3) is 4.92. The molecule has 1 aliphatic heterocycles. The second-order valence-electron chi connectivity index (χ2n) is 7.10. The second kappa shape index (κ2) is 9.33. The number of esters is 1. The fourth-order valence-electron chi connectivity index (χ4n) is 3.24. The molecule has 1 aliphatic rings. The molecular weight excluding hydrogens is 388 g/mol. The summed E-state index contributed by atoms with van der Waals surface area (Å²) in [5, 5.41) is -0.359. The van der Waals surface area contributed by atoms with Gasteiger partial charge in [0.25, 0.3) is 5.91 Å². The maximum Gasteiger partial charge on any atom is 0.303 e. The number of hydrogen-bond acceptors (Lipinski definition) is 6. The molecule has 0 radical (unpaired) electrons. The first-order valence-corrected chi connectivity index (χ1v) is 10.3. The Morgan fingerprint density at radius 1 is 1.14 bits per heavy atom. The van der Waals surface area contributed by atoms with Gasteiger partial charge in [0.1, 0.15) is 5.75 Å². The first-order valence-electron chi connectivity index (χ1n) is 9.43. The van der Waals surface area contributed by atoms with E-state index in [2.05, 4.69) is 0 Å². The molecule has 7 heteroatoms. The van der Waals surface area contributed by atoms with Crippen LogP contribution in [0.3, 0.4) is 0 Å². The fraction of sp³-hybridized carbons (Fsp3) is 0.364. The van der Waals surface area contributed by atoms with Gasteiger partial charge in [-0.25, -0.2) is 0 Å². The average molecular weight is 415 g/mol. The number of fused-ring (bicyclic) bond motifs is 1. The molecular formula is C22H26N2O4S. The van der Waals surface area contributed by atoms with Gasteiger partial charge in [-0.3, -0.25) is 9.59 Å². The van der Waals surface area contributed by atoms with E-state index in [1.807, 2.05) is 67.5 Å². The van der Waals surface area contributed by atoms with Gasteiger partial charge in [-0.05, 0) is 43.9 Å². The molecule has 0 bridgehead atoms. The summed E-state index contributed by atoms with van der Waals surface area (Å²) in [5.74, 6) is 0.0528. The van der Waals surface area contributed by atoms with Crippen molar-refractivity contribution < 1.29 is 19.1 Å². The molecule has 0 aromatic heterocycles. The van der Waals surface area contributed by atoms with Crippen LogP contribution in [0.4, 0.5) is 5.69 Å². The van der Waals surface area contributed by atoms with Crippen LogP contribution >= 0.6 is 11.8 Å². The van der Waals surface area contributed by atoms with Gasteiger partial charge in [0, 0.05) is 24.9 Å². The topological polar surface area (TPSA) is 59.1 Å². The standard InChI is InChI=1S/C22H26N2O4S/c1-15(25)28-20-21(16-9-11-17(27-4)12-10-16)29-19-8-6-5-7-18(19)24(22(20)26)14-13-23(2)3/h5-12,20-21H,13-14H2,1-4H3/t20-,21?/m1/s1. The van der Waals surface area contributed by atoms with E-state index in [4.69, 9.17) is 9.47 Å². The Morgan fingerprint density at radius 3 is 2.45 bits per heavy atom. The van der Waals surface area contributed by atoms with Crippen LogP contribution in [0.2, 0.25) is 0 Å². The quantitative estimate of drug-likeness (QED) is 0.676. The van der Waals surface area contributed by atoms with E-state index in [-0.39, 0.29) is 11.2 Å². The molecule has 0 N–H and O–H groups in total. The number of amides is 1. The van der Waals surface area contributed by atoms with Crippen LogP contribution in [0.15, 0.2) is 53.4 Å². The number of rotatable bonds is 6. The number of ether oxygens (including phenoxy) is 2. The van der Waals surface area contributed by atoms with Crippen LogP contribution in [0.5, 0.6) is 5.75 Å². The van der Waals surface area contributed by atoms with Gasteiger partial charge >= 0.3 is 5.97 Å². The molecule has 2 aromatic rings. The highest BCUT2D eigenvalue weighted by Crippen LogP contribution is 2.46. The molecule has 1 unspecified atom stereocenters. The van der Waals surface area contributed by atoms with E-state index in [1.165, 1.54) is 6.92 Å². The van der Waals surface area contributed by atoms with Crippen LogP contribution in [0.1, 0.15) is 17.7 Å². The molecule has 1 heterocycles. The summed E-state index contributed by atoms with van der Waals surface area (Å²) in [6.07, 6.45) is -0.916. The summed E-state index contributed by atoms with van der Waals surface area (Å²) in [5.41, 5.74) is 1.75. The fourth-order valence-corrected chi connectivity index (χ4v) is 4.56. The third-order valence-electron chi connectivity index (χ3n) is 4.70. The highest BCUT2D eigenvalue weighted by molar-refractivity contribution is 7.99. The Bertz CT molecular complexity index is 869. The van der Waals surface area contributed by atoms with Crippen molar-refractivity contribution in [2.75, 3.05) is 39.2 Å². The van der Waals surface area contributed by atoms with Crippen molar-refractivity contribution in [3.8, 4) is 5.75 Å². The van der Waals surface area contributed by atoms with E-state index in [0.717, 1.165) is 21.9 Å². The van der Waals surface area contributed by atoms with Crippen molar-refractivity contribution in [2.24, 2.45) is 0 Å². The molecule has 2 atom stereocenters. The minimum atomic E-state index is -0.916. The van der Waals surface area contributed by atoms with E-state index in [1.54, 1.807) is 23.8 Å². The van der Waals surface area contributed by atoms with E-state index < -0.39 is 12.1 Å². The zero-order valence-electron chi connectivity index (χ0n) is 17.1. The first kappa shape index (κ1) is 21.2. The molecule has 0 saturated heterocycles. The lowest BCUT2D eigenvalue weighted by Gasteiger charge is -2.28. The van der Waals surface area contributed by atoms with Gasteiger partial charge < -0.3 is 19.3 Å². The van der Waals surface area contributed by atoms with Crippen LogP contribution in [0.25, 0.3) is 0 Å². The molecule has 154 valence electrons. The maximum atomic E-state index is 13.6. The molecule has 6 nitrogen and oxygen atoms in total. The van der Waals surface area contributed by atoms with Gasteiger partial charge in [0.15, 0.2) is 6.10 Å². The lowest BCUT2D eigenvalue weighted by molar-refractivity contribution is -0.152. The molecule has 2 aromatic carbocycles. The van der Waals surface area contributed by atoms with Crippen molar-refractivity contribution in [3.63, 3.8) is 0 Å². The summed E-state index contributed by atoms with van der Waals surface area (Å²) >= 11 is 1.54. The Hall–Kier alpha value is -2.51. The molecule has 0 aliphatic carbocycles. The Balaban J connectivity index is 2.06. The Morgan fingerprint density at radius 2 is 1.83 bits per heavy atom. The average Bonchev–Trinajstić information content (AvgIpc) is 2.81. The largest absolute Gasteiger partial charge is 0.497 e. The minimum absolute atomic E-state index is 0.208. The summed E-state index contributed by atoms with van der Waals surface area (Å²) in [6, 6.07) is 15.4. The van der Waals surface area contributed by atoms with Crippen LogP contribution in [-0.2, 0) is 14.3 Å². The van der Waals surface area contributed by atoms with Crippen molar-refractivity contribution in [3.05, 3.63) is 54.1 Å². The van der Waals surface area contributed by atoms with Gasteiger partial charge in [-0.15, -0.1) is 11.8 Å². The normalized spacial score (nSPS) is 18.9. The highest BCUT2D eigenvalue weighted by Gasteiger charge is 2.40. The predicted molar refractivity (Wildman–Crippen MR) is 114 cm³/mol. The Kier molecular flexibility index (Phi) is 6.82. The van der Waals surface area contributed by atoms with Crippen LogP contribution < -0.4 is 9.64 Å².